The van der Waals surface area contributed by atoms with Gasteiger partial charge in [-0.15, -0.1) is 0 Å². The first-order valence-electron chi connectivity index (χ1n) is 9.40. The summed E-state index contributed by atoms with van der Waals surface area (Å²) in [4.78, 5) is 12.5. The Morgan fingerprint density at radius 2 is 1.93 bits per heavy atom. The topological polar surface area (TPSA) is 46.9 Å². The molecule has 3 rings (SSSR count). The molecule has 0 bridgehead atoms. The lowest BCUT2D eigenvalue weighted by Crippen LogP contribution is -2.32. The van der Waals surface area contributed by atoms with Gasteiger partial charge in [-0.25, -0.2) is 0 Å². The molecule has 0 saturated carbocycles. The van der Waals surface area contributed by atoms with Gasteiger partial charge >= 0.3 is 6.18 Å². The van der Waals surface area contributed by atoms with Crippen molar-refractivity contribution in [2.75, 3.05) is 6.54 Å². The number of rotatable bonds is 6. The summed E-state index contributed by atoms with van der Waals surface area (Å²) in [5.41, 5.74) is 1.17. The van der Waals surface area contributed by atoms with Gasteiger partial charge in [-0.05, 0) is 37.7 Å². The van der Waals surface area contributed by atoms with E-state index in [1.54, 1.807) is 0 Å². The van der Waals surface area contributed by atoms with Crippen molar-refractivity contribution >= 4 is 5.91 Å². The number of benzene rings is 1. The monoisotopic (exact) mass is 379 g/mol. The lowest BCUT2D eigenvalue weighted by molar-refractivity contribution is -0.142. The van der Waals surface area contributed by atoms with Gasteiger partial charge in [0.05, 0.1) is 12.5 Å². The number of carbonyl (C=O) groups is 1. The van der Waals surface area contributed by atoms with E-state index in [4.69, 9.17) is 0 Å². The van der Waals surface area contributed by atoms with Crippen LogP contribution in [0.1, 0.15) is 54.6 Å². The molecule has 1 aromatic carbocycles. The number of amides is 1. The Balaban J connectivity index is 1.67. The molecule has 4 nitrogen and oxygen atoms in total. The summed E-state index contributed by atoms with van der Waals surface area (Å²) in [7, 11) is 0. The zero-order valence-electron chi connectivity index (χ0n) is 15.4. The van der Waals surface area contributed by atoms with Gasteiger partial charge in [0.15, 0.2) is 5.69 Å². The molecule has 1 aliphatic carbocycles. The van der Waals surface area contributed by atoms with Crippen LogP contribution in [0.2, 0.25) is 0 Å². The Morgan fingerprint density at radius 3 is 2.59 bits per heavy atom. The number of alkyl halides is 3. The average molecular weight is 379 g/mol. The van der Waals surface area contributed by atoms with E-state index in [1.807, 2.05) is 37.3 Å². The zero-order valence-corrected chi connectivity index (χ0v) is 15.4. The van der Waals surface area contributed by atoms with Crippen molar-refractivity contribution in [2.24, 2.45) is 0 Å². The van der Waals surface area contributed by atoms with Crippen LogP contribution in [0.3, 0.4) is 0 Å². The quantitative estimate of drug-likeness (QED) is 0.822. The first kappa shape index (κ1) is 19.5. The fourth-order valence-corrected chi connectivity index (χ4v) is 3.75. The van der Waals surface area contributed by atoms with Crippen molar-refractivity contribution in [3.63, 3.8) is 0 Å². The second-order valence-electron chi connectivity index (χ2n) is 6.86. The molecule has 0 fully saturated rings. The molecule has 146 valence electrons. The second kappa shape index (κ2) is 8.15. The average Bonchev–Trinajstić information content (AvgIpc) is 3.03. The maximum absolute atomic E-state index is 13.2. The number of hydrogen-bond acceptors (Lipinski definition) is 2. The summed E-state index contributed by atoms with van der Waals surface area (Å²) in [6.07, 6.45) is -1.12. The molecule has 2 aromatic rings. The van der Waals surface area contributed by atoms with Gasteiger partial charge in [0.2, 0.25) is 5.91 Å². The lowest BCUT2D eigenvalue weighted by Gasteiger charge is -2.17. The van der Waals surface area contributed by atoms with Crippen LogP contribution in [0.15, 0.2) is 30.3 Å². The third-order valence-electron chi connectivity index (χ3n) is 5.07. The molecule has 1 N–H and O–H groups in total. The lowest BCUT2D eigenvalue weighted by atomic mass is 9.95. The summed E-state index contributed by atoms with van der Waals surface area (Å²) < 4.78 is 41.1. The summed E-state index contributed by atoms with van der Waals surface area (Å²) >= 11 is 0. The molecule has 1 aliphatic rings. The molecule has 1 amide bonds. The van der Waals surface area contributed by atoms with Crippen molar-refractivity contribution in [2.45, 2.75) is 57.7 Å². The maximum Gasteiger partial charge on any atom is 0.435 e. The van der Waals surface area contributed by atoms with E-state index in [2.05, 4.69) is 10.4 Å². The van der Waals surface area contributed by atoms with Gasteiger partial charge in [0, 0.05) is 17.8 Å². The summed E-state index contributed by atoms with van der Waals surface area (Å²) in [5, 5.41) is 6.68. The van der Waals surface area contributed by atoms with Crippen molar-refractivity contribution < 1.29 is 18.0 Å². The van der Waals surface area contributed by atoms with Crippen molar-refractivity contribution in [1.29, 1.82) is 0 Å². The number of aromatic nitrogens is 2. The van der Waals surface area contributed by atoms with Crippen LogP contribution < -0.4 is 5.32 Å². The van der Waals surface area contributed by atoms with E-state index in [9.17, 15) is 18.0 Å². The summed E-state index contributed by atoms with van der Waals surface area (Å²) in [5.74, 6) is -0.371. The van der Waals surface area contributed by atoms with E-state index < -0.39 is 11.9 Å². The van der Waals surface area contributed by atoms with Crippen LogP contribution in [0, 0.1) is 0 Å². The van der Waals surface area contributed by atoms with Crippen molar-refractivity contribution in [3.8, 4) is 0 Å². The molecule has 1 atom stereocenters. The first-order valence-corrected chi connectivity index (χ1v) is 9.40. The Hall–Kier alpha value is -2.31. The standard InChI is InChI=1S/C20H24F3N3O/c1-2-15(14-8-4-3-5-9-14)19(27)24-12-13-26-17-11-7-6-10-16(17)18(25-26)20(21,22)23/h3-5,8-9,15H,2,6-7,10-13H2,1H3,(H,24,27). The number of carbonyl (C=O) groups excluding carboxylic acids is 1. The van der Waals surface area contributed by atoms with E-state index in [1.165, 1.54) is 4.68 Å². The van der Waals surface area contributed by atoms with Gasteiger partial charge in [-0.1, -0.05) is 37.3 Å². The molecule has 7 heteroatoms. The van der Waals surface area contributed by atoms with Gasteiger partial charge in [-0.3, -0.25) is 9.48 Å². The minimum absolute atomic E-state index is 0.110. The Bertz CT molecular complexity index is 784. The first-order chi connectivity index (χ1) is 12.9. The highest BCUT2D eigenvalue weighted by Gasteiger charge is 2.39. The second-order valence-corrected chi connectivity index (χ2v) is 6.86. The fraction of sp³-hybridized carbons (Fsp3) is 0.500. The minimum Gasteiger partial charge on any atom is -0.354 e. The molecular formula is C20H24F3N3O. The Kier molecular flexibility index (Phi) is 5.87. The number of fused-ring (bicyclic) bond motifs is 1. The van der Waals surface area contributed by atoms with E-state index in [0.717, 1.165) is 18.4 Å². The van der Waals surface area contributed by atoms with E-state index in [-0.39, 0.29) is 24.9 Å². The third kappa shape index (κ3) is 4.34. The van der Waals surface area contributed by atoms with Crippen LogP contribution in [0.25, 0.3) is 0 Å². The maximum atomic E-state index is 13.2. The number of halogens is 3. The highest BCUT2D eigenvalue weighted by Crippen LogP contribution is 2.35. The van der Waals surface area contributed by atoms with Crippen molar-refractivity contribution in [1.82, 2.24) is 15.1 Å². The van der Waals surface area contributed by atoms with Crippen LogP contribution in [0.5, 0.6) is 0 Å². The predicted octanol–water partition coefficient (Wildman–Crippen LogP) is 4.09. The molecule has 0 radical (unpaired) electrons. The number of nitrogens with zero attached hydrogens (tertiary/aromatic N) is 2. The van der Waals surface area contributed by atoms with Gasteiger partial charge in [-0.2, -0.15) is 18.3 Å². The largest absolute Gasteiger partial charge is 0.435 e. The number of nitrogens with one attached hydrogen (secondary N) is 1. The normalized spacial score (nSPS) is 15.3. The van der Waals surface area contributed by atoms with Gasteiger partial charge < -0.3 is 5.32 Å². The van der Waals surface area contributed by atoms with Crippen LogP contribution in [0.4, 0.5) is 13.2 Å². The Morgan fingerprint density at radius 1 is 1.22 bits per heavy atom. The molecule has 1 aromatic heterocycles. The van der Waals surface area contributed by atoms with E-state index in [0.29, 0.717) is 30.5 Å². The zero-order chi connectivity index (χ0) is 19.4. The van der Waals surface area contributed by atoms with Gasteiger partial charge in [0.25, 0.3) is 0 Å². The molecule has 0 saturated heterocycles. The minimum atomic E-state index is -4.43. The fourth-order valence-electron chi connectivity index (χ4n) is 3.75. The van der Waals surface area contributed by atoms with Crippen LogP contribution in [-0.2, 0) is 30.4 Å². The summed E-state index contributed by atoms with van der Waals surface area (Å²) in [6.45, 7) is 2.44. The molecule has 0 aliphatic heterocycles. The van der Waals surface area contributed by atoms with Crippen molar-refractivity contribution in [3.05, 3.63) is 52.8 Å². The Labute approximate surface area is 156 Å². The predicted molar refractivity (Wildman–Crippen MR) is 96.4 cm³/mol. The summed E-state index contributed by atoms with van der Waals surface area (Å²) in [6, 6.07) is 9.49. The molecule has 1 unspecified atom stereocenters. The molecule has 0 spiro atoms. The van der Waals surface area contributed by atoms with Gasteiger partial charge in [0.1, 0.15) is 0 Å². The highest BCUT2D eigenvalue weighted by atomic mass is 19.4. The molecular weight excluding hydrogens is 355 g/mol. The van der Waals surface area contributed by atoms with Crippen LogP contribution >= 0.6 is 0 Å². The third-order valence-corrected chi connectivity index (χ3v) is 5.07. The molecule has 27 heavy (non-hydrogen) atoms. The number of hydrogen-bond donors (Lipinski definition) is 1. The highest BCUT2D eigenvalue weighted by molar-refractivity contribution is 5.83. The smallest absolute Gasteiger partial charge is 0.354 e. The van der Waals surface area contributed by atoms with Crippen LogP contribution in [-0.4, -0.2) is 22.2 Å². The SMILES string of the molecule is CCC(C(=O)NCCn1nc(C(F)(F)F)c2c1CCCC2)c1ccccc1. The van der Waals surface area contributed by atoms with E-state index >= 15 is 0 Å². The molecule has 1 heterocycles.